The molecule has 0 aromatic heterocycles. The van der Waals surface area contributed by atoms with Gasteiger partial charge in [0.25, 0.3) is 0 Å². The Bertz CT molecular complexity index is 812. The smallest absolute Gasteiger partial charge is 0.243 e. The molecule has 0 radical (unpaired) electrons. The number of rotatable bonds is 6. The summed E-state index contributed by atoms with van der Waals surface area (Å²) in [5.74, 6) is 0. The van der Waals surface area contributed by atoms with E-state index in [0.29, 0.717) is 24.5 Å². The van der Waals surface area contributed by atoms with Gasteiger partial charge >= 0.3 is 0 Å². The molecule has 2 aromatic rings. The van der Waals surface area contributed by atoms with Crippen molar-refractivity contribution in [3.05, 3.63) is 65.2 Å². The van der Waals surface area contributed by atoms with E-state index in [-0.39, 0.29) is 0 Å². The minimum absolute atomic E-state index is 0.439. The molecule has 0 bridgehead atoms. The van der Waals surface area contributed by atoms with Crippen LogP contribution in [0.4, 0.5) is 0 Å². The second-order valence-electron chi connectivity index (χ2n) is 6.60. The second kappa shape index (κ2) is 8.13. The first kappa shape index (κ1) is 18.1. The number of benzene rings is 2. The zero-order valence-electron chi connectivity index (χ0n) is 14.7. The third-order valence-corrected chi connectivity index (χ3v) is 6.80. The molecule has 1 fully saturated rings. The van der Waals surface area contributed by atoms with E-state index in [9.17, 15) is 8.42 Å². The van der Waals surface area contributed by atoms with Gasteiger partial charge in [0, 0.05) is 26.2 Å². The monoisotopic (exact) mass is 358 g/mol. The molecule has 3 rings (SSSR count). The number of hydrogen-bond acceptors (Lipinski definition) is 3. The van der Waals surface area contributed by atoms with E-state index in [1.165, 1.54) is 11.1 Å². The highest BCUT2D eigenvalue weighted by molar-refractivity contribution is 7.89. The average Bonchev–Trinajstić information content (AvgIpc) is 2.64. The highest BCUT2D eigenvalue weighted by atomic mass is 32.2. The van der Waals surface area contributed by atoms with Gasteiger partial charge in [0.2, 0.25) is 10.0 Å². The van der Waals surface area contributed by atoms with Crippen LogP contribution in [0.5, 0.6) is 0 Å². The molecule has 1 aliphatic heterocycles. The quantitative estimate of drug-likeness (QED) is 0.860. The summed E-state index contributed by atoms with van der Waals surface area (Å²) >= 11 is 0. The van der Waals surface area contributed by atoms with Crippen LogP contribution in [-0.4, -0.2) is 25.8 Å². The molecule has 134 valence electrons. The Morgan fingerprint density at radius 3 is 2.20 bits per heavy atom. The number of sulfonamides is 1. The Labute approximate surface area is 150 Å². The van der Waals surface area contributed by atoms with Crippen molar-refractivity contribution >= 4 is 10.0 Å². The lowest BCUT2D eigenvalue weighted by atomic mass is 10.1. The first-order valence-electron chi connectivity index (χ1n) is 8.92. The van der Waals surface area contributed by atoms with Gasteiger partial charge in [0.15, 0.2) is 0 Å². The molecule has 1 aliphatic rings. The standard InChI is InChI=1S/C20H26N2O2S/c1-17-9-3-4-10-18(17)15-21-16-19-11-5-6-12-20(19)25(23,24)22-13-7-2-8-14-22/h3-6,9-12,21H,2,7-8,13-16H2,1H3. The van der Waals surface area contributed by atoms with Crippen LogP contribution in [0.25, 0.3) is 0 Å². The fraction of sp³-hybridized carbons (Fsp3) is 0.400. The number of nitrogens with zero attached hydrogens (tertiary/aromatic N) is 1. The molecule has 2 aromatic carbocycles. The van der Waals surface area contributed by atoms with Gasteiger partial charge in [-0.2, -0.15) is 4.31 Å². The van der Waals surface area contributed by atoms with Crippen LogP contribution in [0.3, 0.4) is 0 Å². The molecule has 0 spiro atoms. The third-order valence-electron chi connectivity index (χ3n) is 4.80. The first-order chi connectivity index (χ1) is 12.1. The van der Waals surface area contributed by atoms with E-state index in [0.717, 1.165) is 31.4 Å². The Morgan fingerprint density at radius 2 is 1.48 bits per heavy atom. The SMILES string of the molecule is Cc1ccccc1CNCc1ccccc1S(=O)(=O)N1CCCCC1. The molecule has 0 atom stereocenters. The maximum Gasteiger partial charge on any atom is 0.243 e. The second-order valence-corrected chi connectivity index (χ2v) is 8.51. The fourth-order valence-electron chi connectivity index (χ4n) is 3.29. The molecule has 1 heterocycles. The largest absolute Gasteiger partial charge is 0.309 e. The predicted molar refractivity (Wildman–Crippen MR) is 101 cm³/mol. The van der Waals surface area contributed by atoms with Gasteiger partial charge < -0.3 is 5.32 Å². The van der Waals surface area contributed by atoms with Crippen molar-refractivity contribution in [2.75, 3.05) is 13.1 Å². The van der Waals surface area contributed by atoms with Crippen molar-refractivity contribution in [1.82, 2.24) is 9.62 Å². The summed E-state index contributed by atoms with van der Waals surface area (Å²) in [6, 6.07) is 15.6. The molecule has 1 saturated heterocycles. The Hall–Kier alpha value is -1.69. The number of nitrogens with one attached hydrogen (secondary N) is 1. The molecule has 0 saturated carbocycles. The summed E-state index contributed by atoms with van der Waals surface area (Å²) in [5, 5.41) is 3.39. The predicted octanol–water partition coefficient (Wildman–Crippen LogP) is 3.46. The summed E-state index contributed by atoms with van der Waals surface area (Å²) in [6.45, 7) is 4.62. The van der Waals surface area contributed by atoms with Crippen molar-refractivity contribution in [2.45, 2.75) is 44.2 Å². The van der Waals surface area contributed by atoms with Gasteiger partial charge in [-0.05, 0) is 42.5 Å². The minimum Gasteiger partial charge on any atom is -0.309 e. The normalized spacial score (nSPS) is 16.0. The number of piperidine rings is 1. The van der Waals surface area contributed by atoms with E-state index in [1.807, 2.05) is 30.3 Å². The van der Waals surface area contributed by atoms with Crippen molar-refractivity contribution < 1.29 is 8.42 Å². The van der Waals surface area contributed by atoms with Crippen LogP contribution in [0.15, 0.2) is 53.4 Å². The zero-order chi connectivity index (χ0) is 17.7. The molecule has 25 heavy (non-hydrogen) atoms. The van der Waals surface area contributed by atoms with Crippen LogP contribution < -0.4 is 5.32 Å². The molecule has 5 heteroatoms. The van der Waals surface area contributed by atoms with E-state index in [4.69, 9.17) is 0 Å². The topological polar surface area (TPSA) is 49.4 Å². The molecular formula is C20H26N2O2S. The zero-order valence-corrected chi connectivity index (χ0v) is 15.6. The average molecular weight is 359 g/mol. The summed E-state index contributed by atoms with van der Waals surface area (Å²) in [5.41, 5.74) is 3.31. The Kier molecular flexibility index (Phi) is 5.89. The number of aryl methyl sites for hydroxylation is 1. The van der Waals surface area contributed by atoms with Crippen molar-refractivity contribution in [3.8, 4) is 0 Å². The minimum atomic E-state index is -3.40. The van der Waals surface area contributed by atoms with Crippen LogP contribution in [0.1, 0.15) is 36.0 Å². The van der Waals surface area contributed by atoms with E-state index >= 15 is 0 Å². The van der Waals surface area contributed by atoms with E-state index in [2.05, 4.69) is 24.4 Å². The Morgan fingerprint density at radius 1 is 0.880 bits per heavy atom. The summed E-state index contributed by atoms with van der Waals surface area (Å²) < 4.78 is 27.6. The summed E-state index contributed by atoms with van der Waals surface area (Å²) in [7, 11) is -3.40. The molecule has 0 aliphatic carbocycles. The highest BCUT2D eigenvalue weighted by Crippen LogP contribution is 2.23. The van der Waals surface area contributed by atoms with E-state index < -0.39 is 10.0 Å². The highest BCUT2D eigenvalue weighted by Gasteiger charge is 2.27. The molecule has 4 nitrogen and oxygen atoms in total. The fourth-order valence-corrected chi connectivity index (χ4v) is 5.03. The van der Waals surface area contributed by atoms with Crippen LogP contribution >= 0.6 is 0 Å². The van der Waals surface area contributed by atoms with Crippen molar-refractivity contribution in [1.29, 1.82) is 0 Å². The molecular weight excluding hydrogens is 332 g/mol. The first-order valence-corrected chi connectivity index (χ1v) is 10.4. The van der Waals surface area contributed by atoms with Gasteiger partial charge in [-0.1, -0.05) is 48.9 Å². The van der Waals surface area contributed by atoms with Gasteiger partial charge in [0.1, 0.15) is 0 Å². The van der Waals surface area contributed by atoms with Crippen molar-refractivity contribution in [2.24, 2.45) is 0 Å². The number of hydrogen-bond donors (Lipinski definition) is 1. The Balaban J connectivity index is 1.73. The summed E-state index contributed by atoms with van der Waals surface area (Å²) in [6.07, 6.45) is 3.02. The van der Waals surface area contributed by atoms with Crippen LogP contribution in [0.2, 0.25) is 0 Å². The van der Waals surface area contributed by atoms with Gasteiger partial charge in [-0.3, -0.25) is 0 Å². The maximum atomic E-state index is 13.0. The van der Waals surface area contributed by atoms with Gasteiger partial charge in [-0.15, -0.1) is 0 Å². The maximum absolute atomic E-state index is 13.0. The lowest BCUT2D eigenvalue weighted by molar-refractivity contribution is 0.346. The van der Waals surface area contributed by atoms with Gasteiger partial charge in [0.05, 0.1) is 4.90 Å². The third kappa shape index (κ3) is 4.29. The van der Waals surface area contributed by atoms with Crippen molar-refractivity contribution in [3.63, 3.8) is 0 Å². The molecule has 0 amide bonds. The van der Waals surface area contributed by atoms with Crippen LogP contribution in [0, 0.1) is 6.92 Å². The van der Waals surface area contributed by atoms with Crippen LogP contribution in [-0.2, 0) is 23.1 Å². The molecule has 0 unspecified atom stereocenters. The van der Waals surface area contributed by atoms with Gasteiger partial charge in [-0.25, -0.2) is 8.42 Å². The molecule has 1 N–H and O–H groups in total. The lowest BCUT2D eigenvalue weighted by Gasteiger charge is -2.26. The summed E-state index contributed by atoms with van der Waals surface area (Å²) in [4.78, 5) is 0.439. The lowest BCUT2D eigenvalue weighted by Crippen LogP contribution is -2.36. The van der Waals surface area contributed by atoms with E-state index in [1.54, 1.807) is 10.4 Å².